The predicted molar refractivity (Wildman–Crippen MR) is 147 cm³/mol. The number of nitrogens with zero attached hydrogens (tertiary/aromatic N) is 2. The van der Waals surface area contributed by atoms with E-state index in [4.69, 9.17) is 11.6 Å². The highest BCUT2D eigenvalue weighted by Gasteiger charge is 2.34. The fourth-order valence-corrected chi connectivity index (χ4v) is 5.85. The van der Waals surface area contributed by atoms with E-state index in [-0.39, 0.29) is 17.3 Å². The van der Waals surface area contributed by atoms with Crippen LogP contribution in [0.25, 0.3) is 0 Å². The molecule has 0 aliphatic heterocycles. The summed E-state index contributed by atoms with van der Waals surface area (Å²) >= 11 is 6.38. The molecule has 3 aromatic carbocycles. The van der Waals surface area contributed by atoms with Crippen LogP contribution in [-0.2, 0) is 32.6 Å². The van der Waals surface area contributed by atoms with E-state index in [0.29, 0.717) is 29.1 Å². The second kappa shape index (κ2) is 12.7. The van der Waals surface area contributed by atoms with Crippen LogP contribution in [0.3, 0.4) is 0 Å². The van der Waals surface area contributed by atoms with Gasteiger partial charge in [-0.1, -0.05) is 80.0 Å². The summed E-state index contributed by atoms with van der Waals surface area (Å²) in [6, 6.07) is 21.4. The van der Waals surface area contributed by atoms with Crippen molar-refractivity contribution in [3.8, 4) is 0 Å². The number of hydrogen-bond donors (Lipinski definition) is 1. The number of likely N-dealkylation sites (N-methyl/N-ethyl adjacent to an activating group) is 1. The quantitative estimate of drug-likeness (QED) is 0.383. The largest absolute Gasteiger partial charge is 0.357 e. The van der Waals surface area contributed by atoms with Crippen molar-refractivity contribution in [2.75, 3.05) is 17.9 Å². The molecule has 0 aromatic heterocycles. The summed E-state index contributed by atoms with van der Waals surface area (Å²) in [6.45, 7) is 3.30. The first-order valence-corrected chi connectivity index (χ1v) is 14.0. The Balaban J connectivity index is 2.10. The fourth-order valence-electron chi connectivity index (χ4n) is 4.18. The van der Waals surface area contributed by atoms with Crippen molar-refractivity contribution in [2.45, 2.75) is 44.2 Å². The van der Waals surface area contributed by atoms with Gasteiger partial charge in [0.05, 0.1) is 10.6 Å². The van der Waals surface area contributed by atoms with Crippen LogP contribution in [-0.4, -0.2) is 44.8 Å². The van der Waals surface area contributed by atoms with Gasteiger partial charge in [0.1, 0.15) is 12.6 Å². The summed E-state index contributed by atoms with van der Waals surface area (Å²) < 4.78 is 28.8. The highest BCUT2D eigenvalue weighted by atomic mass is 35.5. The number of halogens is 1. The molecule has 7 nitrogen and oxygen atoms in total. The van der Waals surface area contributed by atoms with Crippen LogP contribution in [0, 0.1) is 0 Å². The van der Waals surface area contributed by atoms with E-state index < -0.39 is 28.5 Å². The van der Waals surface area contributed by atoms with E-state index in [1.54, 1.807) is 61.5 Å². The average Bonchev–Trinajstić information content (AvgIpc) is 2.92. The zero-order chi connectivity index (χ0) is 27.0. The number of carbonyl (C=O) groups excluding carboxylic acids is 2. The summed E-state index contributed by atoms with van der Waals surface area (Å²) in [7, 11) is -2.59. The highest BCUT2D eigenvalue weighted by molar-refractivity contribution is 7.92. The number of rotatable bonds is 11. The number of aryl methyl sites for hydroxylation is 1. The van der Waals surface area contributed by atoms with Crippen molar-refractivity contribution in [2.24, 2.45) is 0 Å². The topological polar surface area (TPSA) is 86.8 Å². The molecule has 2 amide bonds. The minimum Gasteiger partial charge on any atom is -0.357 e. The van der Waals surface area contributed by atoms with Crippen molar-refractivity contribution < 1.29 is 18.0 Å². The maximum absolute atomic E-state index is 13.9. The van der Waals surface area contributed by atoms with Gasteiger partial charge in [-0.25, -0.2) is 8.42 Å². The standard InChI is InChI=1S/C28H32ClN3O4S/c1-4-21-13-10-12-18-26(21)32(37(35,36)23-15-7-6-8-16-23)20-27(33)31(25(5-2)28(34)30-3)19-22-14-9-11-17-24(22)29/h6-18,25H,4-5,19-20H2,1-3H3,(H,30,34)/t25-/m0/s1. The molecule has 3 rings (SSSR count). The van der Waals surface area contributed by atoms with Gasteiger partial charge >= 0.3 is 0 Å². The molecule has 0 bridgehead atoms. The maximum Gasteiger partial charge on any atom is 0.264 e. The molecule has 0 saturated carbocycles. The third-order valence-electron chi connectivity index (χ3n) is 6.18. The molecule has 0 radical (unpaired) electrons. The monoisotopic (exact) mass is 541 g/mol. The van der Waals surface area contributed by atoms with Gasteiger partial charge in [0.25, 0.3) is 10.0 Å². The molecule has 0 aliphatic carbocycles. The van der Waals surface area contributed by atoms with Gasteiger partial charge < -0.3 is 10.2 Å². The van der Waals surface area contributed by atoms with Crippen molar-refractivity contribution >= 4 is 39.1 Å². The van der Waals surface area contributed by atoms with Crippen molar-refractivity contribution in [3.63, 3.8) is 0 Å². The second-order valence-corrected chi connectivity index (χ2v) is 10.7. The number of para-hydroxylation sites is 1. The highest BCUT2D eigenvalue weighted by Crippen LogP contribution is 2.28. The van der Waals surface area contributed by atoms with Crippen molar-refractivity contribution in [1.82, 2.24) is 10.2 Å². The molecule has 0 aliphatic rings. The lowest BCUT2D eigenvalue weighted by Crippen LogP contribution is -2.51. The Hall–Kier alpha value is -3.36. The number of sulfonamides is 1. The number of hydrogen-bond acceptors (Lipinski definition) is 4. The molecule has 0 unspecified atom stereocenters. The molecular formula is C28H32ClN3O4S. The van der Waals surface area contributed by atoms with E-state index >= 15 is 0 Å². The van der Waals surface area contributed by atoms with E-state index in [0.717, 1.165) is 9.87 Å². The van der Waals surface area contributed by atoms with Crippen LogP contribution < -0.4 is 9.62 Å². The predicted octanol–water partition coefficient (Wildman–Crippen LogP) is 4.65. The minimum atomic E-state index is -4.10. The van der Waals surface area contributed by atoms with E-state index in [1.807, 2.05) is 19.1 Å². The third kappa shape index (κ3) is 6.50. The fraction of sp³-hybridized carbons (Fsp3) is 0.286. The number of benzene rings is 3. The molecule has 1 atom stereocenters. The Labute approximate surface area is 224 Å². The number of anilines is 1. The molecular weight excluding hydrogens is 510 g/mol. The lowest BCUT2D eigenvalue weighted by atomic mass is 10.1. The normalized spacial score (nSPS) is 12.0. The van der Waals surface area contributed by atoms with Crippen LogP contribution in [0.1, 0.15) is 31.4 Å². The van der Waals surface area contributed by atoms with Gasteiger partial charge in [0.2, 0.25) is 11.8 Å². The van der Waals surface area contributed by atoms with Gasteiger partial charge in [0, 0.05) is 18.6 Å². The first-order valence-electron chi connectivity index (χ1n) is 12.1. The molecule has 0 spiro atoms. The summed E-state index contributed by atoms with van der Waals surface area (Å²) in [4.78, 5) is 28.2. The first kappa shape index (κ1) is 28.2. The zero-order valence-electron chi connectivity index (χ0n) is 21.2. The van der Waals surface area contributed by atoms with Gasteiger partial charge in [-0.15, -0.1) is 0 Å². The molecule has 1 N–H and O–H groups in total. The van der Waals surface area contributed by atoms with Crippen LogP contribution in [0.4, 0.5) is 5.69 Å². The van der Waals surface area contributed by atoms with Crippen LogP contribution in [0.5, 0.6) is 0 Å². The third-order valence-corrected chi connectivity index (χ3v) is 8.32. The lowest BCUT2D eigenvalue weighted by Gasteiger charge is -2.33. The van der Waals surface area contributed by atoms with E-state index in [9.17, 15) is 18.0 Å². The van der Waals surface area contributed by atoms with Gasteiger partial charge in [-0.3, -0.25) is 13.9 Å². The van der Waals surface area contributed by atoms with E-state index in [2.05, 4.69) is 5.32 Å². The Kier molecular flexibility index (Phi) is 9.72. The summed E-state index contributed by atoms with van der Waals surface area (Å²) in [5, 5.41) is 3.07. The zero-order valence-corrected chi connectivity index (χ0v) is 22.8. The molecule has 196 valence electrons. The smallest absolute Gasteiger partial charge is 0.264 e. The molecule has 0 fully saturated rings. The molecule has 3 aromatic rings. The Bertz CT molecular complexity index is 1330. The Morgan fingerprint density at radius 2 is 1.49 bits per heavy atom. The van der Waals surface area contributed by atoms with Crippen LogP contribution >= 0.6 is 11.6 Å². The SMILES string of the molecule is CCc1ccccc1N(CC(=O)N(Cc1ccccc1Cl)[C@@H](CC)C(=O)NC)S(=O)(=O)c1ccccc1. The van der Waals surface area contributed by atoms with Crippen molar-refractivity contribution in [3.05, 3.63) is 95.0 Å². The van der Waals surface area contributed by atoms with Crippen LogP contribution in [0.15, 0.2) is 83.8 Å². The number of amides is 2. The molecule has 0 saturated heterocycles. The van der Waals surface area contributed by atoms with Gasteiger partial charge in [-0.2, -0.15) is 0 Å². The number of carbonyl (C=O) groups is 2. The summed E-state index contributed by atoms with van der Waals surface area (Å²) in [5.41, 5.74) is 1.87. The minimum absolute atomic E-state index is 0.0546. The first-order chi connectivity index (χ1) is 17.7. The van der Waals surface area contributed by atoms with E-state index in [1.165, 1.54) is 24.1 Å². The summed E-state index contributed by atoms with van der Waals surface area (Å²) in [5.74, 6) is -0.852. The maximum atomic E-state index is 13.9. The Morgan fingerprint density at radius 1 is 0.892 bits per heavy atom. The number of nitrogens with one attached hydrogen (secondary N) is 1. The van der Waals surface area contributed by atoms with Gasteiger partial charge in [0.15, 0.2) is 0 Å². The second-order valence-electron chi connectivity index (χ2n) is 8.46. The van der Waals surface area contributed by atoms with Gasteiger partial charge in [-0.05, 0) is 48.2 Å². The lowest BCUT2D eigenvalue weighted by molar-refractivity contribution is -0.140. The Morgan fingerprint density at radius 3 is 2.08 bits per heavy atom. The molecule has 9 heteroatoms. The summed E-state index contributed by atoms with van der Waals surface area (Å²) in [6.07, 6.45) is 0.914. The molecule has 37 heavy (non-hydrogen) atoms. The van der Waals surface area contributed by atoms with Crippen LogP contribution in [0.2, 0.25) is 5.02 Å². The van der Waals surface area contributed by atoms with Crippen molar-refractivity contribution in [1.29, 1.82) is 0 Å². The molecule has 0 heterocycles. The average molecular weight is 542 g/mol.